The van der Waals surface area contributed by atoms with Gasteiger partial charge in [-0.05, 0) is 102 Å². The number of aromatic amines is 1. The number of carboxylic acid groups (broad SMARTS) is 1. The molecule has 718 valence electrons. The number of hydrogen-bond donors (Lipinski definition) is 18. The van der Waals surface area contributed by atoms with Gasteiger partial charge in [-0.3, -0.25) is 86.3 Å². The number of carbonyl (C=O) groups is 18. The first kappa shape index (κ1) is 106. The van der Waals surface area contributed by atoms with Crippen molar-refractivity contribution >= 4 is 129 Å². The molecule has 1 aliphatic heterocycles. The van der Waals surface area contributed by atoms with Crippen molar-refractivity contribution in [2.75, 3.05) is 45.9 Å². The van der Waals surface area contributed by atoms with Gasteiger partial charge in [-0.1, -0.05) is 171 Å². The number of aliphatic hydroxyl groups excluding tert-OH is 1. The number of carbonyl (C=O) groups excluding carboxylic acids is 17. The van der Waals surface area contributed by atoms with Crippen LogP contribution in [0.15, 0.2) is 140 Å². The Labute approximate surface area is 775 Å². The Morgan fingerprint density at radius 3 is 1.40 bits per heavy atom. The first-order chi connectivity index (χ1) is 62.9. The summed E-state index contributed by atoms with van der Waals surface area (Å²) >= 11 is 0.714. The number of fused-ring (bicyclic) bond motifs is 1. The summed E-state index contributed by atoms with van der Waals surface area (Å²) in [7, 11) is 3.89. The number of nitrogens with zero attached hydrogens (tertiary/aromatic N) is 2. The van der Waals surface area contributed by atoms with E-state index in [4.69, 9.17) is 16.2 Å². The number of hydrogen-bond acceptors (Lipinski definition) is 21. The molecule has 6 aromatic rings. The molecule has 17 amide bonds. The van der Waals surface area contributed by atoms with Crippen LogP contribution in [0.3, 0.4) is 0 Å². The Bertz CT molecular complexity index is 5100. The van der Waals surface area contributed by atoms with Gasteiger partial charge in [-0.15, -0.1) is 11.8 Å². The standard InChI is InChI=1S/C93H124N18O21S/c1-49(2)36-64-81(119)103-68(39-56-28-32-59(33-29-56)58-24-18-15-19-25-58)88(126)109-79(52(7)8)93(131)111(12)54(10)92(130)110(11)45-75(114)98-70(42-74(94)113)85(123)101-65(37-50(3)4)87(125)108-78(51(5)6)91(129)106-72(46-112)89(127)107-73(90(128)97-53(9)80(95)118)47-133-48-76(115)99-66(38-55-22-16-14-17-23-55)82(120)102-67(40-57-30-34-61(132-13)35-31-57)83(121)105-71(43-77(116)117)86(124)104-69(84(122)100-64)41-60-44-96-63-27-21-20-26-62(60)63/h14-35,44,49-54,64-73,78-79,96,112H,36-43,45-48H2,1-13H3,(H2,94,113)(H2,95,118)(H,97,128)(H,98,114)(H,99,115)(H,100,122)(H,101,123)(H,102,120)(H,103,119)(H,104,124)(H,105,121)(H,106,129)(H,107,127)(H,108,125)(H,109,126)(H,116,117)/t53-,54-,64-,65-,66-,67-,68-,69-,70-,71-,72-,73-,78-,79-/m0/s1. The summed E-state index contributed by atoms with van der Waals surface area (Å²) in [6, 6.07) is 15.2. The monoisotopic (exact) mass is 1860 g/mol. The lowest BCUT2D eigenvalue weighted by molar-refractivity contribution is -0.147. The van der Waals surface area contributed by atoms with Gasteiger partial charge in [-0.2, -0.15) is 0 Å². The molecule has 20 N–H and O–H groups in total. The smallest absolute Gasteiger partial charge is 0.305 e. The summed E-state index contributed by atoms with van der Waals surface area (Å²) in [5, 5.41) is 55.3. The molecule has 1 aromatic heterocycles. The molecule has 0 spiro atoms. The number of primary amides is 2. The number of benzene rings is 5. The number of para-hydroxylation sites is 1. The Morgan fingerprint density at radius 1 is 0.466 bits per heavy atom. The van der Waals surface area contributed by atoms with E-state index in [0.29, 0.717) is 50.7 Å². The summed E-state index contributed by atoms with van der Waals surface area (Å²) in [5.74, 6) is -21.9. The fourth-order valence-corrected chi connectivity index (χ4v) is 15.4. The zero-order chi connectivity index (χ0) is 98.2. The van der Waals surface area contributed by atoms with Crippen molar-refractivity contribution in [1.82, 2.24) is 83.9 Å². The van der Waals surface area contributed by atoms with Gasteiger partial charge in [0.25, 0.3) is 0 Å². The highest BCUT2D eigenvalue weighted by atomic mass is 32.2. The molecule has 1 saturated heterocycles. The summed E-state index contributed by atoms with van der Waals surface area (Å²) < 4.78 is 5.38. The maximum Gasteiger partial charge on any atom is 0.305 e. The molecule has 1 fully saturated rings. The lowest BCUT2D eigenvalue weighted by atomic mass is 9.97. The second kappa shape index (κ2) is 51.1. The molecule has 0 radical (unpaired) electrons. The van der Waals surface area contributed by atoms with Crippen molar-refractivity contribution in [3.05, 3.63) is 162 Å². The number of aliphatic hydroxyl groups is 1. The molecule has 5 aromatic carbocycles. The topological polar surface area (TPSA) is 588 Å². The number of amides is 17. The van der Waals surface area contributed by atoms with Crippen molar-refractivity contribution in [3.63, 3.8) is 0 Å². The van der Waals surface area contributed by atoms with Crippen molar-refractivity contribution < 1.29 is 101 Å². The molecule has 0 unspecified atom stereocenters. The molecule has 39 nitrogen and oxygen atoms in total. The van der Waals surface area contributed by atoms with Crippen LogP contribution in [0.1, 0.15) is 117 Å². The molecule has 133 heavy (non-hydrogen) atoms. The number of carboxylic acids is 1. The van der Waals surface area contributed by atoms with Crippen LogP contribution in [0.2, 0.25) is 0 Å². The Balaban J connectivity index is 1.31. The maximum absolute atomic E-state index is 15.5. The minimum atomic E-state index is -2.04. The fraction of sp³-hybridized carbons (Fsp3) is 0.462. The van der Waals surface area contributed by atoms with E-state index in [0.717, 1.165) is 20.9 Å². The Morgan fingerprint density at radius 2 is 0.887 bits per heavy atom. The van der Waals surface area contributed by atoms with Crippen LogP contribution >= 0.6 is 11.8 Å². The van der Waals surface area contributed by atoms with Gasteiger partial charge in [0, 0.05) is 62.6 Å². The van der Waals surface area contributed by atoms with E-state index >= 15 is 28.8 Å². The third-order valence-electron chi connectivity index (χ3n) is 22.1. The van der Waals surface area contributed by atoms with Crippen LogP contribution < -0.4 is 85.3 Å². The van der Waals surface area contributed by atoms with Crippen molar-refractivity contribution in [1.29, 1.82) is 0 Å². The number of aliphatic carboxylic acids is 1. The number of nitrogens with one attached hydrogen (secondary N) is 14. The molecule has 40 heteroatoms. The third kappa shape index (κ3) is 32.9. The number of likely N-dealkylation sites (N-methyl/N-ethyl adjacent to an activating group) is 2. The van der Waals surface area contributed by atoms with Crippen LogP contribution in [-0.2, 0) is 112 Å². The van der Waals surface area contributed by atoms with E-state index < -0.39 is 240 Å². The van der Waals surface area contributed by atoms with Crippen molar-refractivity contribution in [3.8, 4) is 16.9 Å². The van der Waals surface area contributed by atoms with Crippen LogP contribution in [0.4, 0.5) is 0 Å². The van der Waals surface area contributed by atoms with E-state index in [9.17, 15) is 67.7 Å². The number of methoxy groups -OCH3 is 1. The number of aromatic nitrogens is 1. The average Bonchev–Trinajstić information content (AvgIpc) is 1.75. The van der Waals surface area contributed by atoms with Gasteiger partial charge in [0.1, 0.15) is 90.3 Å². The molecule has 14 atom stereocenters. The molecule has 2 heterocycles. The summed E-state index contributed by atoms with van der Waals surface area (Å²) in [6.07, 6.45) is -1.82. The highest BCUT2D eigenvalue weighted by Gasteiger charge is 2.41. The first-order valence-electron chi connectivity index (χ1n) is 43.7. The zero-order valence-electron chi connectivity index (χ0n) is 76.8. The lowest BCUT2D eigenvalue weighted by Gasteiger charge is -2.33. The number of H-pyrrole nitrogens is 1. The molecule has 0 aliphatic carbocycles. The minimum absolute atomic E-state index is 0.113. The highest BCUT2D eigenvalue weighted by Crippen LogP contribution is 2.24. The lowest BCUT2D eigenvalue weighted by Crippen LogP contribution is -2.61. The zero-order valence-corrected chi connectivity index (χ0v) is 77.6. The maximum atomic E-state index is 15.5. The van der Waals surface area contributed by atoms with Gasteiger partial charge >= 0.3 is 5.97 Å². The molecule has 7 rings (SSSR count). The SMILES string of the molecule is COc1ccc(C[C@@H]2NC(=O)[C@H](Cc3ccccc3)NC(=O)CSC[C@@H](C(=O)N[C@@H](C)C(N)=O)NC(=O)[C@H](CO)NC(=O)[C@H](C(C)C)NC(=O)[C@H](CC(C)C)NC(=O)[C@H](CC(N)=O)NC(=O)CN(C)C(=O)[C@H](C)N(C)C(=O)[C@H](C(C)C)NC(=O)[C@H](Cc3ccc(-c4ccccc4)cc3)NC(=O)[C@H](CC(C)C)NC(=O)[C@H](Cc3c[nH]c4ccccc34)NC(=O)[C@H](CC(=O)O)NC2=O)cc1. The summed E-state index contributed by atoms with van der Waals surface area (Å²) in [5.41, 5.74) is 15.2. The first-order valence-corrected chi connectivity index (χ1v) is 44.9. The third-order valence-corrected chi connectivity index (χ3v) is 23.1. The number of thioether (sulfide) groups is 1. The van der Waals surface area contributed by atoms with E-state index in [-0.39, 0.29) is 50.4 Å². The Hall–Kier alpha value is -13.8. The van der Waals surface area contributed by atoms with Crippen LogP contribution in [0, 0.1) is 23.7 Å². The quantitative estimate of drug-likeness (QED) is 0.0370. The number of rotatable bonds is 24. The van der Waals surface area contributed by atoms with Gasteiger partial charge in [-0.25, -0.2) is 0 Å². The Kier molecular flexibility index (Phi) is 40.9. The second-order valence-electron chi connectivity index (χ2n) is 34.4. The molecular formula is C93H124N18O21S. The molecule has 0 bridgehead atoms. The van der Waals surface area contributed by atoms with Crippen LogP contribution in [-0.4, -0.2) is 262 Å². The normalized spacial score (nSPS) is 23.0. The van der Waals surface area contributed by atoms with Crippen molar-refractivity contribution in [2.24, 2.45) is 35.1 Å². The van der Waals surface area contributed by atoms with E-state index in [1.54, 1.807) is 151 Å². The fourth-order valence-electron chi connectivity index (χ4n) is 14.5. The summed E-state index contributed by atoms with van der Waals surface area (Å²) in [4.78, 5) is 264. The molecular weight excluding hydrogens is 1740 g/mol. The average molecular weight is 1860 g/mol. The van der Waals surface area contributed by atoms with E-state index in [2.05, 4.69) is 74.1 Å². The van der Waals surface area contributed by atoms with Gasteiger partial charge < -0.3 is 110 Å². The van der Waals surface area contributed by atoms with Crippen LogP contribution in [0.25, 0.3) is 22.0 Å². The van der Waals surface area contributed by atoms with Gasteiger partial charge in [0.05, 0.1) is 38.9 Å². The predicted molar refractivity (Wildman–Crippen MR) is 493 cm³/mol. The van der Waals surface area contributed by atoms with Crippen LogP contribution in [0.5, 0.6) is 5.75 Å². The second-order valence-corrected chi connectivity index (χ2v) is 35.5. The predicted octanol–water partition coefficient (Wildman–Crippen LogP) is -0.280. The largest absolute Gasteiger partial charge is 0.497 e. The number of nitrogens with two attached hydrogens (primary N) is 2. The minimum Gasteiger partial charge on any atom is -0.497 e. The van der Waals surface area contributed by atoms with Gasteiger partial charge in [0.15, 0.2) is 0 Å². The number of ether oxygens (including phenoxy) is 1. The molecule has 0 saturated carbocycles. The van der Waals surface area contributed by atoms with E-state index in [1.165, 1.54) is 48.9 Å². The highest BCUT2D eigenvalue weighted by molar-refractivity contribution is 8.00. The summed E-state index contributed by atoms with van der Waals surface area (Å²) in [6.45, 7) is 13.7. The van der Waals surface area contributed by atoms with E-state index in [1.807, 2.05) is 30.3 Å². The molecule has 1 aliphatic rings. The van der Waals surface area contributed by atoms with Crippen molar-refractivity contribution in [2.45, 2.75) is 205 Å². The van der Waals surface area contributed by atoms with Gasteiger partial charge in [0.2, 0.25) is 100 Å².